The maximum Gasteiger partial charge on any atom is 0.408 e. The van der Waals surface area contributed by atoms with Gasteiger partial charge in [0, 0.05) is 11.1 Å². The molecule has 0 bridgehead atoms. The Labute approximate surface area is 143 Å². The van der Waals surface area contributed by atoms with Gasteiger partial charge in [0.05, 0.1) is 23.1 Å². The molecule has 0 fully saturated rings. The first kappa shape index (κ1) is 18.0. The van der Waals surface area contributed by atoms with Crippen LogP contribution in [0.1, 0.15) is 26.3 Å². The quantitative estimate of drug-likeness (QED) is 0.493. The zero-order valence-electron chi connectivity index (χ0n) is 14.0. The molecule has 2 rings (SSSR count). The number of rotatable bonds is 2. The second-order valence-electron chi connectivity index (χ2n) is 6.18. The number of hydrogen-bond acceptors (Lipinski definition) is 5. The molecule has 8 heteroatoms. The molecule has 2 N–H and O–H groups in total. The minimum atomic E-state index is -0.735. The van der Waals surface area contributed by atoms with Gasteiger partial charge in [-0.05, 0) is 39.0 Å². The molecule has 25 heavy (non-hydrogen) atoms. The number of carbonyl (C=O) groups is 1. The number of ether oxygens (including phenoxy) is 1. The Balaban J connectivity index is 2.15. The Bertz CT molecular complexity index is 945. The lowest BCUT2D eigenvalue weighted by Crippen LogP contribution is -2.32. The molecule has 1 aromatic carbocycles. The van der Waals surface area contributed by atoms with E-state index < -0.39 is 27.7 Å². The van der Waals surface area contributed by atoms with Crippen LogP contribution < -0.4 is 10.7 Å². The number of nitrogens with zero attached hydrogens (tertiary/aromatic N) is 1. The van der Waals surface area contributed by atoms with Crippen LogP contribution in [-0.2, 0) is 4.74 Å². The molecule has 130 valence electrons. The van der Waals surface area contributed by atoms with Crippen LogP contribution >= 0.6 is 0 Å². The van der Waals surface area contributed by atoms with Gasteiger partial charge in [-0.1, -0.05) is 11.8 Å². The van der Waals surface area contributed by atoms with Crippen molar-refractivity contribution in [2.45, 2.75) is 26.4 Å². The van der Waals surface area contributed by atoms with Crippen LogP contribution in [0.5, 0.6) is 0 Å². The largest absolute Gasteiger partial charge is 0.444 e. The third-order valence-electron chi connectivity index (χ3n) is 3.01. The van der Waals surface area contributed by atoms with Crippen molar-refractivity contribution < 1.29 is 14.5 Å². The lowest BCUT2D eigenvalue weighted by atomic mass is 10.1. The van der Waals surface area contributed by atoms with Gasteiger partial charge in [-0.15, -0.1) is 0 Å². The maximum atomic E-state index is 12.1. The van der Waals surface area contributed by atoms with Gasteiger partial charge in [0.2, 0.25) is 0 Å². The average Bonchev–Trinajstić information content (AvgIpc) is 2.50. The molecule has 0 aliphatic heterocycles. The van der Waals surface area contributed by atoms with E-state index in [9.17, 15) is 19.7 Å². The summed E-state index contributed by atoms with van der Waals surface area (Å²) in [6.45, 7) is 5.33. The Morgan fingerprint density at radius 1 is 1.40 bits per heavy atom. The third kappa shape index (κ3) is 4.81. The Hall–Kier alpha value is -3.34. The Morgan fingerprint density at radius 2 is 2.12 bits per heavy atom. The molecule has 2 aromatic rings. The standard InChI is InChI=1S/C17H17N3O5/c1-17(2,3)25-16(22)18-8-4-5-11-6-7-13-12(9-11)15(21)14(10-19-13)20(23)24/h6-7,9-10H,8H2,1-3H3,(H,18,22)(H,19,21). The van der Waals surface area contributed by atoms with Gasteiger partial charge in [-0.2, -0.15) is 0 Å². The van der Waals surface area contributed by atoms with E-state index >= 15 is 0 Å². The zero-order valence-corrected chi connectivity index (χ0v) is 14.0. The highest BCUT2D eigenvalue weighted by molar-refractivity contribution is 5.81. The number of H-pyrrole nitrogens is 1. The fourth-order valence-electron chi connectivity index (χ4n) is 2.00. The second kappa shape index (κ2) is 7.05. The maximum absolute atomic E-state index is 12.1. The highest BCUT2D eigenvalue weighted by Crippen LogP contribution is 2.13. The van der Waals surface area contributed by atoms with Gasteiger partial charge in [0.25, 0.3) is 5.43 Å². The highest BCUT2D eigenvalue weighted by atomic mass is 16.6. The summed E-state index contributed by atoms with van der Waals surface area (Å²) >= 11 is 0. The fourth-order valence-corrected chi connectivity index (χ4v) is 2.00. The van der Waals surface area contributed by atoms with E-state index in [1.807, 2.05) is 0 Å². The summed E-state index contributed by atoms with van der Waals surface area (Å²) in [5, 5.41) is 13.5. The van der Waals surface area contributed by atoms with E-state index in [4.69, 9.17) is 4.74 Å². The van der Waals surface area contributed by atoms with Crippen molar-refractivity contribution in [1.29, 1.82) is 0 Å². The van der Waals surface area contributed by atoms with E-state index in [1.165, 1.54) is 6.07 Å². The van der Waals surface area contributed by atoms with Crippen LogP contribution in [0.4, 0.5) is 10.5 Å². The van der Waals surface area contributed by atoms with Crippen molar-refractivity contribution in [3.05, 3.63) is 50.3 Å². The van der Waals surface area contributed by atoms with E-state index in [-0.39, 0.29) is 11.9 Å². The molecule has 0 aliphatic carbocycles. The van der Waals surface area contributed by atoms with Crippen LogP contribution in [-0.4, -0.2) is 28.1 Å². The van der Waals surface area contributed by atoms with E-state index in [2.05, 4.69) is 22.1 Å². The molecule has 1 aromatic heterocycles. The fraction of sp³-hybridized carbons (Fsp3) is 0.294. The first-order valence-corrected chi connectivity index (χ1v) is 7.43. The van der Waals surface area contributed by atoms with Crippen molar-refractivity contribution in [1.82, 2.24) is 10.3 Å². The van der Waals surface area contributed by atoms with Gasteiger partial charge in [-0.3, -0.25) is 14.9 Å². The number of pyridine rings is 1. The minimum Gasteiger partial charge on any atom is -0.444 e. The highest BCUT2D eigenvalue weighted by Gasteiger charge is 2.15. The van der Waals surface area contributed by atoms with Crippen LogP contribution in [0, 0.1) is 22.0 Å². The summed E-state index contributed by atoms with van der Waals surface area (Å²) in [7, 11) is 0. The van der Waals surface area contributed by atoms with Crippen molar-refractivity contribution in [2.75, 3.05) is 6.54 Å². The zero-order chi connectivity index (χ0) is 18.6. The first-order valence-electron chi connectivity index (χ1n) is 7.43. The van der Waals surface area contributed by atoms with Crippen molar-refractivity contribution >= 4 is 22.7 Å². The molecule has 8 nitrogen and oxygen atoms in total. The molecule has 0 saturated carbocycles. The summed E-state index contributed by atoms with van der Waals surface area (Å²) in [6, 6.07) is 4.76. The molecular formula is C17H17N3O5. The summed E-state index contributed by atoms with van der Waals surface area (Å²) < 4.78 is 5.07. The van der Waals surface area contributed by atoms with E-state index in [0.717, 1.165) is 6.20 Å². The van der Waals surface area contributed by atoms with Gasteiger partial charge in [0.1, 0.15) is 5.60 Å². The molecule has 0 unspecified atom stereocenters. The van der Waals surface area contributed by atoms with Gasteiger partial charge >= 0.3 is 11.8 Å². The third-order valence-corrected chi connectivity index (χ3v) is 3.01. The predicted molar refractivity (Wildman–Crippen MR) is 92.3 cm³/mol. The van der Waals surface area contributed by atoms with Crippen LogP contribution in [0.15, 0.2) is 29.2 Å². The van der Waals surface area contributed by atoms with E-state index in [0.29, 0.717) is 11.1 Å². The number of amides is 1. The molecule has 0 saturated heterocycles. The molecule has 0 atom stereocenters. The number of alkyl carbamates (subject to hydrolysis) is 1. The molecule has 0 spiro atoms. The van der Waals surface area contributed by atoms with Gasteiger partial charge in [-0.25, -0.2) is 4.79 Å². The number of carbonyl (C=O) groups excluding carboxylic acids is 1. The summed E-state index contributed by atoms with van der Waals surface area (Å²) in [4.78, 5) is 36.4. The van der Waals surface area contributed by atoms with E-state index in [1.54, 1.807) is 32.9 Å². The Kier molecular flexibility index (Phi) is 5.08. The molecule has 0 radical (unpaired) electrons. The smallest absolute Gasteiger partial charge is 0.408 e. The van der Waals surface area contributed by atoms with Crippen molar-refractivity contribution in [3.63, 3.8) is 0 Å². The number of nitro groups is 1. The number of hydrogen-bond donors (Lipinski definition) is 2. The summed E-state index contributed by atoms with van der Waals surface area (Å²) in [5.41, 5.74) is -0.804. The summed E-state index contributed by atoms with van der Waals surface area (Å²) in [5.74, 6) is 5.52. The second-order valence-corrected chi connectivity index (χ2v) is 6.18. The molecule has 1 heterocycles. The predicted octanol–water partition coefficient (Wildman–Crippen LogP) is 2.31. The number of aromatic nitrogens is 1. The molecule has 0 aliphatic rings. The van der Waals surface area contributed by atoms with Crippen molar-refractivity contribution in [3.8, 4) is 11.8 Å². The topological polar surface area (TPSA) is 114 Å². The van der Waals surface area contributed by atoms with Crippen LogP contribution in [0.2, 0.25) is 0 Å². The lowest BCUT2D eigenvalue weighted by molar-refractivity contribution is -0.386. The SMILES string of the molecule is CC(C)(C)OC(=O)NCC#Cc1ccc2[nH]cc([N+](=O)[O-])c(=O)c2c1. The van der Waals surface area contributed by atoms with Gasteiger partial charge < -0.3 is 15.0 Å². The molecule has 1 amide bonds. The first-order chi connectivity index (χ1) is 11.7. The number of fused-ring (bicyclic) bond motifs is 1. The van der Waals surface area contributed by atoms with Crippen molar-refractivity contribution in [2.24, 2.45) is 0 Å². The average molecular weight is 343 g/mol. The number of nitrogens with one attached hydrogen (secondary N) is 2. The minimum absolute atomic E-state index is 0.0677. The monoisotopic (exact) mass is 343 g/mol. The van der Waals surface area contributed by atoms with Gasteiger partial charge in [0.15, 0.2) is 0 Å². The number of benzene rings is 1. The molecular weight excluding hydrogens is 326 g/mol. The van der Waals surface area contributed by atoms with Crippen LogP contribution in [0.25, 0.3) is 10.9 Å². The summed E-state index contributed by atoms with van der Waals surface area (Å²) in [6.07, 6.45) is 0.494. The lowest BCUT2D eigenvalue weighted by Gasteiger charge is -2.18. The van der Waals surface area contributed by atoms with Crippen LogP contribution in [0.3, 0.4) is 0 Å². The normalized spacial score (nSPS) is 10.7. The number of aromatic amines is 1. The Morgan fingerprint density at radius 3 is 2.76 bits per heavy atom.